The van der Waals surface area contributed by atoms with Crippen molar-refractivity contribution >= 4 is 16.6 Å². The van der Waals surface area contributed by atoms with E-state index in [1.165, 1.54) is 32.1 Å². The largest absolute Gasteiger partial charge is 0.414 e. The second-order valence-corrected chi connectivity index (χ2v) is 26.1. The summed E-state index contributed by atoms with van der Waals surface area (Å²) >= 11 is 0. The Morgan fingerprint density at radius 2 is 1.35 bits per heavy atom. The maximum atomic E-state index is 7.03. The van der Waals surface area contributed by atoms with Crippen LogP contribution in [0.25, 0.3) is 0 Å². The molecule has 214 valence electrons. The van der Waals surface area contributed by atoms with Crippen molar-refractivity contribution in [2.45, 2.75) is 162 Å². The van der Waals surface area contributed by atoms with Crippen LogP contribution in [-0.4, -0.2) is 28.8 Å². The minimum absolute atomic E-state index is 0.230. The van der Waals surface area contributed by atoms with Crippen molar-refractivity contribution in [3.63, 3.8) is 0 Å². The topological polar surface area (TPSA) is 18.5 Å². The van der Waals surface area contributed by atoms with Crippen molar-refractivity contribution in [1.82, 2.24) is 0 Å². The second kappa shape index (κ2) is 11.0. The first-order chi connectivity index (χ1) is 16.8. The maximum Gasteiger partial charge on any atom is 0.192 e. The van der Waals surface area contributed by atoms with Gasteiger partial charge in [0.15, 0.2) is 16.6 Å². The van der Waals surface area contributed by atoms with E-state index in [9.17, 15) is 0 Å². The quantitative estimate of drug-likeness (QED) is 0.308. The van der Waals surface area contributed by atoms with Gasteiger partial charge in [-0.25, -0.2) is 0 Å². The van der Waals surface area contributed by atoms with Gasteiger partial charge in [0.25, 0.3) is 0 Å². The molecular weight excluding hydrogens is 485 g/mol. The van der Waals surface area contributed by atoms with Gasteiger partial charge in [-0.1, -0.05) is 85.6 Å². The lowest BCUT2D eigenvalue weighted by atomic mass is 9.61. The first-order valence-electron chi connectivity index (χ1n) is 15.5. The summed E-state index contributed by atoms with van der Waals surface area (Å²) in [6.45, 7) is 31.3. The molecule has 3 fully saturated rings. The highest BCUT2D eigenvalue weighted by Crippen LogP contribution is 2.59. The molecule has 2 nitrogen and oxygen atoms in total. The average Bonchev–Trinajstić information content (AvgIpc) is 3.07. The Labute approximate surface area is 233 Å². The van der Waals surface area contributed by atoms with Crippen molar-refractivity contribution in [3.05, 3.63) is 23.3 Å². The molecule has 0 aromatic carbocycles. The SMILES string of the molecule is CC(C)[C@H]1CC[C@H]2/C(=C/C=C3C[C@@H](O[Si](C)(C)C(C)(C)C)C[C@H](O[Si](C)(C)C(C)(C)C)C3)CCC[C@]12C. The Hall–Kier alpha value is -0.166. The predicted octanol–water partition coefficient (Wildman–Crippen LogP) is 10.7. The molecule has 37 heavy (non-hydrogen) atoms. The van der Waals surface area contributed by atoms with Gasteiger partial charge in [-0.2, -0.15) is 0 Å². The van der Waals surface area contributed by atoms with E-state index < -0.39 is 16.6 Å². The zero-order valence-electron chi connectivity index (χ0n) is 27.0. The van der Waals surface area contributed by atoms with Gasteiger partial charge in [-0.05, 0) is 111 Å². The first-order valence-corrected chi connectivity index (χ1v) is 21.3. The molecule has 3 aliphatic rings. The average molecular weight is 547 g/mol. The van der Waals surface area contributed by atoms with Gasteiger partial charge in [0.2, 0.25) is 0 Å². The third-order valence-electron chi connectivity index (χ3n) is 11.4. The van der Waals surface area contributed by atoms with E-state index in [1.54, 1.807) is 11.1 Å². The van der Waals surface area contributed by atoms with E-state index >= 15 is 0 Å². The van der Waals surface area contributed by atoms with Crippen molar-refractivity contribution in [2.24, 2.45) is 23.2 Å². The summed E-state index contributed by atoms with van der Waals surface area (Å²) in [5, 5.41) is 0.460. The molecule has 0 bridgehead atoms. The highest BCUT2D eigenvalue weighted by molar-refractivity contribution is 6.74. The van der Waals surface area contributed by atoms with E-state index in [1.807, 2.05) is 0 Å². The van der Waals surface area contributed by atoms with Crippen LogP contribution in [0.15, 0.2) is 23.3 Å². The number of fused-ring (bicyclic) bond motifs is 1. The molecule has 3 rings (SSSR count). The van der Waals surface area contributed by atoms with Crippen LogP contribution < -0.4 is 0 Å². The molecule has 0 aromatic heterocycles. The number of hydrogen-bond donors (Lipinski definition) is 0. The lowest BCUT2D eigenvalue weighted by Gasteiger charge is -2.45. The summed E-state index contributed by atoms with van der Waals surface area (Å²) in [6.07, 6.45) is 15.7. The molecule has 0 heterocycles. The standard InChI is InChI=1S/C33H62O2Si2/c1-24(2)29-18-19-30-26(15-14-20-33(29,30)9)17-16-25-21-27(34-36(10,11)31(3,4)5)23-28(22-25)35-37(12,13)32(6,7)8/h16-17,24,27-30H,14-15,18-23H2,1-13H3/b26-17+/t27-,28-,29-,30+,33-/m1/s1. The van der Waals surface area contributed by atoms with Crippen LogP contribution in [0, 0.1) is 23.2 Å². The minimum Gasteiger partial charge on any atom is -0.414 e. The fourth-order valence-corrected chi connectivity index (χ4v) is 9.96. The molecule has 5 atom stereocenters. The van der Waals surface area contributed by atoms with Gasteiger partial charge in [-0.15, -0.1) is 0 Å². The Bertz CT molecular complexity index is 817. The summed E-state index contributed by atoms with van der Waals surface area (Å²) in [6, 6.07) is 0. The monoisotopic (exact) mass is 546 g/mol. The molecular formula is C33H62O2Si2. The zero-order valence-corrected chi connectivity index (χ0v) is 29.0. The molecule has 0 unspecified atom stereocenters. The Balaban J connectivity index is 1.86. The Morgan fingerprint density at radius 1 is 0.838 bits per heavy atom. The number of rotatable bonds is 6. The molecule has 0 spiro atoms. The van der Waals surface area contributed by atoms with Crippen molar-refractivity contribution in [3.8, 4) is 0 Å². The van der Waals surface area contributed by atoms with E-state index in [4.69, 9.17) is 8.85 Å². The lowest BCUT2D eigenvalue weighted by molar-refractivity contribution is 0.0725. The Morgan fingerprint density at radius 3 is 1.81 bits per heavy atom. The van der Waals surface area contributed by atoms with Gasteiger partial charge in [0, 0.05) is 0 Å². The van der Waals surface area contributed by atoms with Gasteiger partial charge < -0.3 is 8.85 Å². The molecule has 0 saturated heterocycles. The molecule has 3 aliphatic carbocycles. The maximum absolute atomic E-state index is 7.03. The fraction of sp³-hybridized carbons (Fsp3) is 0.879. The fourth-order valence-electron chi connectivity index (χ4n) is 7.23. The molecule has 4 heteroatoms. The third-order valence-corrected chi connectivity index (χ3v) is 20.5. The summed E-state index contributed by atoms with van der Waals surface area (Å²) in [5.74, 6) is 2.47. The van der Waals surface area contributed by atoms with Crippen LogP contribution in [0.5, 0.6) is 0 Å². The van der Waals surface area contributed by atoms with Crippen LogP contribution in [-0.2, 0) is 8.85 Å². The van der Waals surface area contributed by atoms with Gasteiger partial charge >= 0.3 is 0 Å². The predicted molar refractivity (Wildman–Crippen MR) is 167 cm³/mol. The van der Waals surface area contributed by atoms with E-state index in [0.717, 1.165) is 37.0 Å². The van der Waals surface area contributed by atoms with Crippen LogP contribution in [0.1, 0.15) is 114 Å². The first kappa shape index (κ1) is 31.4. The van der Waals surface area contributed by atoms with Gasteiger partial charge in [-0.3, -0.25) is 0 Å². The zero-order chi connectivity index (χ0) is 28.0. The molecule has 0 N–H and O–H groups in total. The van der Waals surface area contributed by atoms with E-state index in [0.29, 0.717) is 5.41 Å². The lowest BCUT2D eigenvalue weighted by Crippen LogP contribution is -2.48. The van der Waals surface area contributed by atoms with Crippen LogP contribution in [0.3, 0.4) is 0 Å². The Kier molecular flexibility index (Phi) is 9.34. The highest BCUT2D eigenvalue weighted by Gasteiger charge is 2.50. The molecule has 0 aliphatic heterocycles. The molecule has 0 radical (unpaired) electrons. The molecule has 0 aromatic rings. The van der Waals surface area contributed by atoms with Gasteiger partial charge in [0.05, 0.1) is 12.2 Å². The minimum atomic E-state index is -1.83. The number of hydrogen-bond acceptors (Lipinski definition) is 2. The van der Waals surface area contributed by atoms with E-state index in [2.05, 4.69) is 101 Å². The number of allylic oxidation sites excluding steroid dienone is 3. The molecule has 0 amide bonds. The van der Waals surface area contributed by atoms with Gasteiger partial charge in [0.1, 0.15) is 0 Å². The second-order valence-electron chi connectivity index (χ2n) is 16.6. The molecule has 3 saturated carbocycles. The summed E-state index contributed by atoms with van der Waals surface area (Å²) in [4.78, 5) is 0. The van der Waals surface area contributed by atoms with Crippen molar-refractivity contribution in [1.29, 1.82) is 0 Å². The normalized spacial score (nSPS) is 33.2. The van der Waals surface area contributed by atoms with E-state index in [-0.39, 0.29) is 22.3 Å². The van der Waals surface area contributed by atoms with Crippen molar-refractivity contribution < 1.29 is 8.85 Å². The van der Waals surface area contributed by atoms with Crippen LogP contribution in [0.4, 0.5) is 0 Å². The highest BCUT2D eigenvalue weighted by atomic mass is 28.4. The smallest absolute Gasteiger partial charge is 0.192 e. The summed E-state index contributed by atoms with van der Waals surface area (Å²) in [7, 11) is -3.67. The summed E-state index contributed by atoms with van der Waals surface area (Å²) in [5.41, 5.74) is 3.79. The summed E-state index contributed by atoms with van der Waals surface area (Å²) < 4.78 is 14.1. The van der Waals surface area contributed by atoms with Crippen molar-refractivity contribution in [2.75, 3.05) is 0 Å². The van der Waals surface area contributed by atoms with Crippen LogP contribution >= 0.6 is 0 Å². The van der Waals surface area contributed by atoms with Crippen LogP contribution in [0.2, 0.25) is 36.3 Å². The third kappa shape index (κ3) is 6.95.